The molecule has 1 heterocycles. The van der Waals surface area contributed by atoms with Crippen molar-refractivity contribution in [3.05, 3.63) is 0 Å². The molecule has 0 atom stereocenters. The summed E-state index contributed by atoms with van der Waals surface area (Å²) < 4.78 is 0. The Labute approximate surface area is 122 Å². The number of carbonyl (C=O) groups is 1. The lowest BCUT2D eigenvalue weighted by molar-refractivity contribution is -0.128. The van der Waals surface area contributed by atoms with Crippen LogP contribution in [0.1, 0.15) is 26.2 Å². The Hall–Kier alpha value is -0.260. The standard InChI is InChI=1S/C14H29N3OS/c1-4-17(11-5-10-16(2)3)14(18)12-19-13-6-8-15-9-7-13/h13,15H,4-12H2,1-3H3. The predicted molar refractivity (Wildman–Crippen MR) is 83.8 cm³/mol. The van der Waals surface area contributed by atoms with Crippen LogP contribution in [0.25, 0.3) is 0 Å². The Morgan fingerprint density at radius 3 is 2.53 bits per heavy atom. The smallest absolute Gasteiger partial charge is 0.232 e. The third-order valence-corrected chi connectivity index (χ3v) is 4.85. The molecule has 0 aromatic heterocycles. The fourth-order valence-electron chi connectivity index (χ4n) is 2.28. The van der Waals surface area contributed by atoms with Gasteiger partial charge < -0.3 is 15.1 Å². The summed E-state index contributed by atoms with van der Waals surface area (Å²) in [6, 6.07) is 0. The molecule has 1 aliphatic rings. The van der Waals surface area contributed by atoms with Crippen molar-refractivity contribution in [1.29, 1.82) is 0 Å². The summed E-state index contributed by atoms with van der Waals surface area (Å²) in [5, 5.41) is 4.03. The van der Waals surface area contributed by atoms with Crippen LogP contribution >= 0.6 is 11.8 Å². The minimum Gasteiger partial charge on any atom is -0.342 e. The van der Waals surface area contributed by atoms with E-state index in [1.165, 1.54) is 12.8 Å². The second kappa shape index (κ2) is 9.61. The van der Waals surface area contributed by atoms with E-state index >= 15 is 0 Å². The first-order valence-corrected chi connectivity index (χ1v) is 8.43. The van der Waals surface area contributed by atoms with Crippen molar-refractivity contribution >= 4 is 17.7 Å². The number of piperidine rings is 1. The van der Waals surface area contributed by atoms with Crippen LogP contribution in [0.3, 0.4) is 0 Å². The van der Waals surface area contributed by atoms with Gasteiger partial charge in [-0.25, -0.2) is 0 Å². The molecule has 0 aromatic rings. The van der Waals surface area contributed by atoms with Gasteiger partial charge in [-0.05, 0) is 59.9 Å². The minimum atomic E-state index is 0.310. The van der Waals surface area contributed by atoms with E-state index in [0.717, 1.165) is 39.1 Å². The molecule has 5 heteroatoms. The number of hydrogen-bond donors (Lipinski definition) is 1. The quantitative estimate of drug-likeness (QED) is 0.729. The normalized spacial score (nSPS) is 16.8. The van der Waals surface area contributed by atoms with Crippen LogP contribution in [0.2, 0.25) is 0 Å². The van der Waals surface area contributed by atoms with Gasteiger partial charge in [0.05, 0.1) is 5.75 Å². The summed E-state index contributed by atoms with van der Waals surface area (Å²) in [5.41, 5.74) is 0. The van der Waals surface area contributed by atoms with E-state index in [1.54, 1.807) is 0 Å². The van der Waals surface area contributed by atoms with E-state index in [9.17, 15) is 4.79 Å². The first-order valence-electron chi connectivity index (χ1n) is 7.38. The highest BCUT2D eigenvalue weighted by atomic mass is 32.2. The summed E-state index contributed by atoms with van der Waals surface area (Å²) in [6.07, 6.45) is 3.46. The third kappa shape index (κ3) is 7.18. The summed E-state index contributed by atoms with van der Waals surface area (Å²) in [6.45, 7) is 7.05. The van der Waals surface area contributed by atoms with Crippen molar-refractivity contribution in [3.63, 3.8) is 0 Å². The highest BCUT2D eigenvalue weighted by Crippen LogP contribution is 2.20. The summed E-state index contributed by atoms with van der Waals surface area (Å²) >= 11 is 1.85. The van der Waals surface area contributed by atoms with Gasteiger partial charge in [-0.3, -0.25) is 4.79 Å². The highest BCUT2D eigenvalue weighted by molar-refractivity contribution is 8.00. The van der Waals surface area contributed by atoms with Gasteiger partial charge in [-0.2, -0.15) is 0 Å². The first-order chi connectivity index (χ1) is 9.13. The first kappa shape index (κ1) is 16.8. The molecule has 1 amide bonds. The molecular formula is C14H29N3OS. The molecular weight excluding hydrogens is 258 g/mol. The molecule has 1 rings (SSSR count). The van der Waals surface area contributed by atoms with Gasteiger partial charge in [0.2, 0.25) is 5.91 Å². The zero-order valence-electron chi connectivity index (χ0n) is 12.7. The lowest BCUT2D eigenvalue weighted by atomic mass is 10.2. The molecule has 0 saturated carbocycles. The molecule has 0 bridgehead atoms. The largest absolute Gasteiger partial charge is 0.342 e. The van der Waals surface area contributed by atoms with Crippen molar-refractivity contribution in [3.8, 4) is 0 Å². The molecule has 0 unspecified atom stereocenters. The van der Waals surface area contributed by atoms with Gasteiger partial charge in [0.25, 0.3) is 0 Å². The van der Waals surface area contributed by atoms with Gasteiger partial charge in [-0.1, -0.05) is 0 Å². The maximum atomic E-state index is 12.2. The fraction of sp³-hybridized carbons (Fsp3) is 0.929. The Balaban J connectivity index is 2.20. The molecule has 1 saturated heterocycles. The molecule has 4 nitrogen and oxygen atoms in total. The third-order valence-electron chi connectivity index (χ3n) is 3.50. The number of rotatable bonds is 8. The van der Waals surface area contributed by atoms with E-state index < -0.39 is 0 Å². The second-order valence-electron chi connectivity index (χ2n) is 5.39. The Bertz CT molecular complexity index is 255. The van der Waals surface area contributed by atoms with Gasteiger partial charge in [-0.15, -0.1) is 11.8 Å². The van der Waals surface area contributed by atoms with Crippen molar-refractivity contribution in [2.24, 2.45) is 0 Å². The molecule has 0 radical (unpaired) electrons. The lowest BCUT2D eigenvalue weighted by Crippen LogP contribution is -2.35. The van der Waals surface area contributed by atoms with E-state index in [1.807, 2.05) is 16.7 Å². The fourth-order valence-corrected chi connectivity index (χ4v) is 3.41. The van der Waals surface area contributed by atoms with Gasteiger partial charge >= 0.3 is 0 Å². The number of nitrogens with one attached hydrogen (secondary N) is 1. The summed E-state index contributed by atoms with van der Waals surface area (Å²) in [5.74, 6) is 0.963. The average Bonchev–Trinajstić information content (AvgIpc) is 2.42. The van der Waals surface area contributed by atoms with Gasteiger partial charge in [0, 0.05) is 18.3 Å². The number of thioether (sulfide) groups is 1. The van der Waals surface area contributed by atoms with Crippen LogP contribution in [0, 0.1) is 0 Å². The van der Waals surface area contributed by atoms with E-state index in [4.69, 9.17) is 0 Å². The van der Waals surface area contributed by atoms with E-state index in [2.05, 4.69) is 31.2 Å². The molecule has 1 fully saturated rings. The molecule has 0 spiro atoms. The van der Waals surface area contributed by atoms with Crippen molar-refractivity contribution in [2.45, 2.75) is 31.4 Å². The molecule has 1 aliphatic heterocycles. The van der Waals surface area contributed by atoms with Gasteiger partial charge in [0.15, 0.2) is 0 Å². The predicted octanol–water partition coefficient (Wildman–Crippen LogP) is 1.27. The van der Waals surface area contributed by atoms with E-state index in [-0.39, 0.29) is 0 Å². The number of hydrogen-bond acceptors (Lipinski definition) is 4. The molecule has 1 N–H and O–H groups in total. The van der Waals surface area contributed by atoms with E-state index in [0.29, 0.717) is 16.9 Å². The SMILES string of the molecule is CCN(CCCN(C)C)C(=O)CSC1CCNCC1. The van der Waals surface area contributed by atoms with Crippen LogP contribution in [0.4, 0.5) is 0 Å². The zero-order chi connectivity index (χ0) is 14.1. The van der Waals surface area contributed by atoms with Crippen LogP contribution in [-0.4, -0.2) is 73.5 Å². The second-order valence-corrected chi connectivity index (χ2v) is 6.68. The maximum absolute atomic E-state index is 12.2. The number of amides is 1. The number of carbonyl (C=O) groups excluding carboxylic acids is 1. The van der Waals surface area contributed by atoms with Crippen LogP contribution in [0.15, 0.2) is 0 Å². The van der Waals surface area contributed by atoms with Crippen LogP contribution < -0.4 is 5.32 Å². The highest BCUT2D eigenvalue weighted by Gasteiger charge is 2.17. The summed E-state index contributed by atoms with van der Waals surface area (Å²) in [4.78, 5) is 16.3. The Kier molecular flexibility index (Phi) is 8.50. The molecule has 19 heavy (non-hydrogen) atoms. The zero-order valence-corrected chi connectivity index (χ0v) is 13.5. The number of nitrogens with zero attached hydrogens (tertiary/aromatic N) is 2. The van der Waals surface area contributed by atoms with Crippen LogP contribution in [0.5, 0.6) is 0 Å². The lowest BCUT2D eigenvalue weighted by Gasteiger charge is -2.25. The monoisotopic (exact) mass is 287 g/mol. The average molecular weight is 287 g/mol. The Morgan fingerprint density at radius 1 is 1.26 bits per heavy atom. The maximum Gasteiger partial charge on any atom is 0.232 e. The molecule has 112 valence electrons. The van der Waals surface area contributed by atoms with Gasteiger partial charge in [0.1, 0.15) is 0 Å². The van der Waals surface area contributed by atoms with Crippen molar-refractivity contribution in [1.82, 2.24) is 15.1 Å². The van der Waals surface area contributed by atoms with Crippen LogP contribution in [-0.2, 0) is 4.79 Å². The van der Waals surface area contributed by atoms with Crippen molar-refractivity contribution in [2.75, 3.05) is 52.6 Å². The Morgan fingerprint density at radius 2 is 1.95 bits per heavy atom. The topological polar surface area (TPSA) is 35.6 Å². The molecule has 0 aliphatic carbocycles. The summed E-state index contributed by atoms with van der Waals surface area (Å²) in [7, 11) is 4.15. The minimum absolute atomic E-state index is 0.310. The van der Waals surface area contributed by atoms with Crippen molar-refractivity contribution < 1.29 is 4.79 Å². The molecule has 0 aromatic carbocycles.